The average molecular weight is 513 g/mol. The summed E-state index contributed by atoms with van der Waals surface area (Å²) in [5, 5.41) is 2.82. The second-order valence-corrected chi connectivity index (χ2v) is 9.01. The van der Waals surface area contributed by atoms with Crippen LogP contribution in [0.15, 0.2) is 59.8 Å². The van der Waals surface area contributed by atoms with Gasteiger partial charge in [-0.1, -0.05) is 18.2 Å². The molecule has 2 aliphatic rings. The topological polar surface area (TPSA) is 82.2 Å². The Morgan fingerprint density at radius 2 is 1.78 bits per heavy atom. The van der Waals surface area contributed by atoms with Crippen LogP contribution in [0.3, 0.4) is 0 Å². The van der Waals surface area contributed by atoms with Crippen LogP contribution in [0, 0.1) is 11.6 Å². The van der Waals surface area contributed by atoms with Crippen molar-refractivity contribution in [3.8, 4) is 0 Å². The van der Waals surface area contributed by atoms with Gasteiger partial charge in [0.15, 0.2) is 0 Å². The highest BCUT2D eigenvalue weighted by Crippen LogP contribution is 2.31. The number of ether oxygens (including phenoxy) is 1. The van der Waals surface area contributed by atoms with Gasteiger partial charge >= 0.3 is 12.0 Å². The Bertz CT molecular complexity index is 1200. The van der Waals surface area contributed by atoms with E-state index in [-0.39, 0.29) is 24.6 Å². The number of benzene rings is 2. The molecule has 0 aromatic heterocycles. The van der Waals surface area contributed by atoms with Crippen LogP contribution in [0.2, 0.25) is 0 Å². The van der Waals surface area contributed by atoms with E-state index in [2.05, 4.69) is 10.2 Å². The van der Waals surface area contributed by atoms with Crippen molar-refractivity contribution in [2.75, 3.05) is 46.4 Å². The van der Waals surface area contributed by atoms with Gasteiger partial charge in [-0.3, -0.25) is 14.6 Å². The molecule has 0 radical (unpaired) electrons. The van der Waals surface area contributed by atoms with E-state index in [1.807, 2.05) is 0 Å². The van der Waals surface area contributed by atoms with Gasteiger partial charge in [0.1, 0.15) is 11.6 Å². The molecule has 1 unspecified atom stereocenters. The fourth-order valence-electron chi connectivity index (χ4n) is 4.65. The monoisotopic (exact) mass is 512 g/mol. The van der Waals surface area contributed by atoms with E-state index in [9.17, 15) is 23.2 Å². The Balaban J connectivity index is 1.59. The molecule has 37 heavy (non-hydrogen) atoms. The Kier molecular flexibility index (Phi) is 8.17. The summed E-state index contributed by atoms with van der Waals surface area (Å²) in [4.78, 5) is 44.1. The van der Waals surface area contributed by atoms with E-state index >= 15 is 0 Å². The van der Waals surface area contributed by atoms with Gasteiger partial charge in [0, 0.05) is 51.0 Å². The van der Waals surface area contributed by atoms with Crippen LogP contribution in [0.1, 0.15) is 35.3 Å². The molecule has 8 nitrogen and oxygen atoms in total. The number of hydrogen-bond donors (Lipinski definition) is 1. The maximum absolute atomic E-state index is 13.6. The van der Waals surface area contributed by atoms with Gasteiger partial charge in [-0.2, -0.15) is 0 Å². The molecule has 1 saturated heterocycles. The first-order valence-electron chi connectivity index (χ1n) is 12.3. The van der Waals surface area contributed by atoms with Crippen molar-refractivity contribution >= 4 is 17.9 Å². The third kappa shape index (κ3) is 5.96. The minimum atomic E-state index is -0.795. The number of carbonyl (C=O) groups excluding carboxylic acids is 3. The van der Waals surface area contributed by atoms with Gasteiger partial charge < -0.3 is 15.0 Å². The zero-order valence-electron chi connectivity index (χ0n) is 20.9. The molecule has 0 bridgehead atoms. The van der Waals surface area contributed by atoms with Crippen LogP contribution >= 0.6 is 0 Å². The molecule has 2 aliphatic heterocycles. The van der Waals surface area contributed by atoms with Crippen LogP contribution in [0.4, 0.5) is 13.6 Å². The Hall–Kier alpha value is -3.79. The lowest BCUT2D eigenvalue weighted by Gasteiger charge is -2.36. The Morgan fingerprint density at radius 1 is 1.03 bits per heavy atom. The van der Waals surface area contributed by atoms with E-state index in [0.29, 0.717) is 49.4 Å². The van der Waals surface area contributed by atoms with Crippen LogP contribution in [0.5, 0.6) is 0 Å². The molecule has 3 amide bonds. The number of rotatable bonds is 6. The van der Waals surface area contributed by atoms with E-state index in [1.165, 1.54) is 47.4 Å². The fourth-order valence-corrected chi connectivity index (χ4v) is 4.65. The van der Waals surface area contributed by atoms with Crippen LogP contribution in [0.25, 0.3) is 0 Å². The summed E-state index contributed by atoms with van der Waals surface area (Å²) < 4.78 is 32.5. The van der Waals surface area contributed by atoms with E-state index in [4.69, 9.17) is 4.74 Å². The summed E-state index contributed by atoms with van der Waals surface area (Å²) >= 11 is 0. The molecule has 196 valence electrons. The zero-order chi connectivity index (χ0) is 26.5. The minimum Gasteiger partial charge on any atom is -0.463 e. The van der Waals surface area contributed by atoms with Crippen LogP contribution in [-0.4, -0.2) is 79.0 Å². The van der Waals surface area contributed by atoms with Gasteiger partial charge in [0.25, 0.3) is 5.91 Å². The summed E-state index contributed by atoms with van der Waals surface area (Å²) in [6, 6.07) is 10.1. The summed E-state index contributed by atoms with van der Waals surface area (Å²) in [7, 11) is 1.59. The fraction of sp³-hybridized carbons (Fsp3) is 0.370. The number of hydrogen-bond acceptors (Lipinski definition) is 5. The second-order valence-electron chi connectivity index (χ2n) is 9.01. The third-order valence-corrected chi connectivity index (χ3v) is 6.60. The zero-order valence-corrected chi connectivity index (χ0v) is 20.9. The third-order valence-electron chi connectivity index (χ3n) is 6.60. The minimum absolute atomic E-state index is 0.157. The normalized spacial score (nSPS) is 18.9. The first-order valence-corrected chi connectivity index (χ1v) is 12.3. The van der Waals surface area contributed by atoms with Gasteiger partial charge in [-0.05, 0) is 49.2 Å². The summed E-state index contributed by atoms with van der Waals surface area (Å²) in [6.45, 7) is 4.18. The summed E-state index contributed by atoms with van der Waals surface area (Å²) in [5.74, 6) is -1.68. The van der Waals surface area contributed by atoms with Gasteiger partial charge in [-0.15, -0.1) is 0 Å². The maximum atomic E-state index is 13.6. The van der Waals surface area contributed by atoms with E-state index < -0.39 is 29.7 Å². The van der Waals surface area contributed by atoms with Crippen molar-refractivity contribution in [2.45, 2.75) is 19.4 Å². The van der Waals surface area contributed by atoms with Crippen molar-refractivity contribution in [3.05, 3.63) is 82.6 Å². The molecule has 10 heteroatoms. The number of halogens is 2. The quantitative estimate of drug-likeness (QED) is 0.601. The summed E-state index contributed by atoms with van der Waals surface area (Å²) in [6.07, 6.45) is 0.667. The highest BCUT2D eigenvalue weighted by molar-refractivity contribution is 5.95. The lowest BCUT2D eigenvalue weighted by molar-refractivity contribution is -0.139. The molecule has 0 spiro atoms. The van der Waals surface area contributed by atoms with Crippen molar-refractivity contribution in [1.82, 2.24) is 20.0 Å². The van der Waals surface area contributed by atoms with Gasteiger partial charge in [0.2, 0.25) is 0 Å². The predicted molar refractivity (Wildman–Crippen MR) is 132 cm³/mol. The van der Waals surface area contributed by atoms with Crippen molar-refractivity contribution < 1.29 is 27.9 Å². The van der Waals surface area contributed by atoms with E-state index in [0.717, 1.165) is 0 Å². The molecule has 4 rings (SSSR count). The van der Waals surface area contributed by atoms with Crippen LogP contribution < -0.4 is 5.32 Å². The van der Waals surface area contributed by atoms with E-state index in [1.54, 1.807) is 24.9 Å². The van der Waals surface area contributed by atoms with Crippen molar-refractivity contribution in [1.29, 1.82) is 0 Å². The molecular weight excluding hydrogens is 482 g/mol. The van der Waals surface area contributed by atoms with Crippen LogP contribution in [-0.2, 0) is 9.53 Å². The molecule has 1 fully saturated rings. The first-order chi connectivity index (χ1) is 17.8. The first kappa shape index (κ1) is 26.3. The highest BCUT2D eigenvalue weighted by atomic mass is 19.1. The smallest absolute Gasteiger partial charge is 0.338 e. The second kappa shape index (κ2) is 11.5. The highest BCUT2D eigenvalue weighted by Gasteiger charge is 2.37. The maximum Gasteiger partial charge on any atom is 0.338 e. The lowest BCUT2D eigenvalue weighted by Crippen LogP contribution is -2.49. The molecule has 2 heterocycles. The molecule has 1 atom stereocenters. The Labute approximate surface area is 214 Å². The number of nitrogens with one attached hydrogen (secondary N) is 1. The standard InChI is InChI=1S/C27H30F2N4O4/c1-3-37-26(35)23-22(31(2)27(36)30-24(23)18-8-10-20(28)11-9-18)17-32-12-5-13-33(15-14-32)25(34)19-6-4-7-21(29)16-19/h4,6-11,16,24H,3,5,12-15,17H2,1-2H3,(H,30,36). The molecule has 1 N–H and O–H groups in total. The SMILES string of the molecule is CCOC(=O)C1=C(CN2CCCN(C(=O)c3cccc(F)c3)CC2)N(C)C(=O)NC1c1ccc(F)cc1. The largest absolute Gasteiger partial charge is 0.463 e. The average Bonchev–Trinajstić information content (AvgIpc) is 3.12. The molecule has 2 aromatic rings. The molecular formula is C27H30F2N4O4. The predicted octanol–water partition coefficient (Wildman–Crippen LogP) is 3.33. The number of esters is 1. The summed E-state index contributed by atoms with van der Waals surface area (Å²) in [5.41, 5.74) is 1.63. The number of urea groups is 1. The number of nitrogens with zero attached hydrogens (tertiary/aromatic N) is 3. The van der Waals surface area contributed by atoms with Crippen molar-refractivity contribution in [3.63, 3.8) is 0 Å². The number of amides is 3. The van der Waals surface area contributed by atoms with Gasteiger partial charge in [0.05, 0.1) is 18.2 Å². The Morgan fingerprint density at radius 3 is 2.49 bits per heavy atom. The molecule has 0 aliphatic carbocycles. The van der Waals surface area contributed by atoms with Gasteiger partial charge in [-0.25, -0.2) is 18.4 Å². The molecule has 2 aromatic carbocycles. The number of likely N-dealkylation sites (N-methyl/N-ethyl adjacent to an activating group) is 1. The van der Waals surface area contributed by atoms with Crippen molar-refractivity contribution in [2.24, 2.45) is 0 Å². The molecule has 0 saturated carbocycles. The number of carbonyl (C=O) groups is 3. The lowest BCUT2D eigenvalue weighted by atomic mass is 9.94.